The highest BCUT2D eigenvalue weighted by Crippen LogP contribution is 2.37. The van der Waals surface area contributed by atoms with Gasteiger partial charge in [-0.05, 0) is 44.0 Å². The largest absolute Gasteiger partial charge is 0.416 e. The summed E-state index contributed by atoms with van der Waals surface area (Å²) < 4.78 is 39.0. The van der Waals surface area contributed by atoms with Crippen LogP contribution >= 0.6 is 43.2 Å². The first-order valence-electron chi connectivity index (χ1n) is 4.37. The summed E-state index contributed by atoms with van der Waals surface area (Å²) in [6, 6.07) is 5.10. The van der Waals surface area contributed by atoms with Gasteiger partial charge in [0.05, 0.1) is 15.0 Å². The van der Waals surface area contributed by atoms with Crippen molar-refractivity contribution >= 4 is 43.2 Å². The van der Waals surface area contributed by atoms with Crippen LogP contribution in [-0.2, 0) is 6.18 Å². The van der Waals surface area contributed by atoms with E-state index in [2.05, 4.69) is 36.8 Å². The number of aromatic nitrogens is 1. The zero-order chi connectivity index (χ0) is 12.6. The van der Waals surface area contributed by atoms with Crippen molar-refractivity contribution in [1.82, 2.24) is 4.98 Å². The van der Waals surface area contributed by atoms with Crippen molar-refractivity contribution in [3.05, 3.63) is 37.5 Å². The van der Waals surface area contributed by atoms with Gasteiger partial charge in [-0.2, -0.15) is 13.2 Å². The van der Waals surface area contributed by atoms with Crippen LogP contribution in [0.4, 0.5) is 13.2 Å². The molecule has 0 spiro atoms. The molecule has 0 N–H and O–H groups in total. The van der Waals surface area contributed by atoms with E-state index in [4.69, 9.17) is 0 Å². The third-order valence-corrected chi connectivity index (χ3v) is 4.18. The molecule has 0 fully saturated rings. The number of alkyl halides is 3. The Balaban J connectivity index is 2.50. The smallest absolute Gasteiger partial charge is 0.228 e. The van der Waals surface area contributed by atoms with Crippen molar-refractivity contribution < 1.29 is 13.2 Å². The second-order valence-corrected chi connectivity index (χ2v) is 6.76. The number of rotatable bonds is 1. The SMILES string of the molecule is FC(F)(F)c1cccc(-c2nc(Br)sc2Br)c1. The van der Waals surface area contributed by atoms with E-state index < -0.39 is 11.7 Å². The minimum atomic E-state index is -4.34. The quantitative estimate of drug-likeness (QED) is 0.643. The normalized spacial score (nSPS) is 11.8. The summed E-state index contributed by atoms with van der Waals surface area (Å²) in [4.78, 5) is 4.12. The lowest BCUT2D eigenvalue weighted by Gasteiger charge is -2.07. The van der Waals surface area contributed by atoms with Gasteiger partial charge in [-0.3, -0.25) is 0 Å². The maximum absolute atomic E-state index is 12.6. The summed E-state index contributed by atoms with van der Waals surface area (Å²) in [5.41, 5.74) is 0.271. The fourth-order valence-electron chi connectivity index (χ4n) is 1.30. The summed E-state index contributed by atoms with van der Waals surface area (Å²) in [5, 5.41) is 0. The van der Waals surface area contributed by atoms with Gasteiger partial charge in [0.15, 0.2) is 3.92 Å². The average molecular weight is 387 g/mol. The minimum absolute atomic E-state index is 0.439. The van der Waals surface area contributed by atoms with Crippen LogP contribution in [0.3, 0.4) is 0 Å². The van der Waals surface area contributed by atoms with Crippen molar-refractivity contribution in [2.75, 3.05) is 0 Å². The monoisotopic (exact) mass is 385 g/mol. The van der Waals surface area contributed by atoms with Crippen LogP contribution in [0.5, 0.6) is 0 Å². The third kappa shape index (κ3) is 2.89. The third-order valence-electron chi connectivity index (χ3n) is 2.02. The van der Waals surface area contributed by atoms with Gasteiger partial charge in [-0.25, -0.2) is 4.98 Å². The molecule has 1 aromatic heterocycles. The first-order chi connectivity index (χ1) is 7.88. The summed E-state index contributed by atoms with van der Waals surface area (Å²) in [5.74, 6) is 0. The van der Waals surface area contributed by atoms with Gasteiger partial charge in [-0.1, -0.05) is 23.5 Å². The fraction of sp³-hybridized carbons (Fsp3) is 0.100. The number of halogens is 5. The van der Waals surface area contributed by atoms with Gasteiger partial charge < -0.3 is 0 Å². The number of thiazole rings is 1. The molecule has 1 nitrogen and oxygen atoms in total. The molecule has 0 radical (unpaired) electrons. The molecular formula is C10H4Br2F3NS. The van der Waals surface area contributed by atoms with Crippen LogP contribution in [0.15, 0.2) is 32.0 Å². The topological polar surface area (TPSA) is 12.9 Å². The molecule has 0 aliphatic rings. The van der Waals surface area contributed by atoms with E-state index in [0.717, 1.165) is 12.1 Å². The standard InChI is InChI=1S/C10H4Br2F3NS/c11-8-7(16-9(12)17-8)5-2-1-3-6(4-5)10(13,14)15/h1-4H. The van der Waals surface area contributed by atoms with Crippen LogP contribution < -0.4 is 0 Å². The molecule has 0 unspecified atom stereocenters. The van der Waals surface area contributed by atoms with E-state index in [-0.39, 0.29) is 0 Å². The van der Waals surface area contributed by atoms with E-state index in [1.807, 2.05) is 0 Å². The van der Waals surface area contributed by atoms with Gasteiger partial charge in [-0.15, -0.1) is 0 Å². The summed E-state index contributed by atoms with van der Waals surface area (Å²) in [7, 11) is 0. The van der Waals surface area contributed by atoms with Crippen molar-refractivity contribution in [2.24, 2.45) is 0 Å². The Morgan fingerprint density at radius 1 is 1.18 bits per heavy atom. The Morgan fingerprint density at radius 3 is 2.41 bits per heavy atom. The lowest BCUT2D eigenvalue weighted by Crippen LogP contribution is -2.04. The first kappa shape index (κ1) is 13.0. The Labute approximate surface area is 116 Å². The van der Waals surface area contributed by atoms with Crippen molar-refractivity contribution in [1.29, 1.82) is 0 Å². The van der Waals surface area contributed by atoms with Crippen LogP contribution in [0.25, 0.3) is 11.3 Å². The molecule has 0 saturated carbocycles. The van der Waals surface area contributed by atoms with E-state index in [1.54, 1.807) is 6.07 Å². The van der Waals surface area contributed by atoms with Crippen molar-refractivity contribution in [3.63, 3.8) is 0 Å². The second kappa shape index (κ2) is 4.70. The molecular weight excluding hydrogens is 383 g/mol. The first-order valence-corrected chi connectivity index (χ1v) is 6.77. The highest BCUT2D eigenvalue weighted by Gasteiger charge is 2.30. The molecule has 7 heteroatoms. The van der Waals surface area contributed by atoms with Gasteiger partial charge in [0.1, 0.15) is 0 Å². The average Bonchev–Trinajstić information content (AvgIpc) is 2.57. The molecule has 0 bridgehead atoms. The van der Waals surface area contributed by atoms with Crippen LogP contribution in [0.1, 0.15) is 5.56 Å². The molecule has 0 aliphatic heterocycles. The molecule has 0 amide bonds. The van der Waals surface area contributed by atoms with E-state index in [1.165, 1.54) is 17.4 Å². The van der Waals surface area contributed by atoms with Gasteiger partial charge >= 0.3 is 6.18 Å². The van der Waals surface area contributed by atoms with Crippen molar-refractivity contribution in [3.8, 4) is 11.3 Å². The van der Waals surface area contributed by atoms with Gasteiger partial charge in [0, 0.05) is 5.56 Å². The zero-order valence-corrected chi connectivity index (χ0v) is 12.0. The molecule has 2 rings (SSSR count). The summed E-state index contributed by atoms with van der Waals surface area (Å²) in [6.07, 6.45) is -4.34. The number of hydrogen-bond donors (Lipinski definition) is 0. The molecule has 0 aliphatic carbocycles. The van der Waals surface area contributed by atoms with Gasteiger partial charge in [0.2, 0.25) is 0 Å². The maximum Gasteiger partial charge on any atom is 0.416 e. The van der Waals surface area contributed by atoms with Crippen molar-refractivity contribution in [2.45, 2.75) is 6.18 Å². The zero-order valence-electron chi connectivity index (χ0n) is 8.05. The molecule has 17 heavy (non-hydrogen) atoms. The van der Waals surface area contributed by atoms with E-state index in [9.17, 15) is 13.2 Å². The highest BCUT2D eigenvalue weighted by molar-refractivity contribution is 9.12. The predicted molar refractivity (Wildman–Crippen MR) is 68.0 cm³/mol. The second-order valence-electron chi connectivity index (χ2n) is 3.17. The predicted octanol–water partition coefficient (Wildman–Crippen LogP) is 5.35. The highest BCUT2D eigenvalue weighted by atomic mass is 79.9. The molecule has 2 aromatic rings. The van der Waals surface area contributed by atoms with E-state index in [0.29, 0.717) is 19.0 Å². The molecule has 0 saturated heterocycles. The van der Waals surface area contributed by atoms with Crippen LogP contribution in [0, 0.1) is 0 Å². The lowest BCUT2D eigenvalue weighted by molar-refractivity contribution is -0.137. The van der Waals surface area contributed by atoms with E-state index >= 15 is 0 Å². The Hall–Kier alpha value is -0.400. The summed E-state index contributed by atoms with van der Waals surface area (Å²) >= 11 is 7.79. The number of hydrogen-bond acceptors (Lipinski definition) is 2. The minimum Gasteiger partial charge on any atom is -0.228 e. The molecule has 0 atom stereocenters. The number of nitrogens with zero attached hydrogens (tertiary/aromatic N) is 1. The summed E-state index contributed by atoms with van der Waals surface area (Å²) in [6.45, 7) is 0. The number of benzene rings is 1. The lowest BCUT2D eigenvalue weighted by atomic mass is 10.1. The fourth-order valence-corrected chi connectivity index (χ4v) is 3.93. The van der Waals surface area contributed by atoms with Gasteiger partial charge in [0.25, 0.3) is 0 Å². The van der Waals surface area contributed by atoms with Crippen LogP contribution in [0.2, 0.25) is 0 Å². The molecule has 1 aromatic carbocycles. The Morgan fingerprint density at radius 2 is 1.88 bits per heavy atom. The van der Waals surface area contributed by atoms with Crippen LogP contribution in [-0.4, -0.2) is 4.98 Å². The maximum atomic E-state index is 12.6. The molecule has 1 heterocycles. The Kier molecular flexibility index (Phi) is 3.61. The molecule has 90 valence electrons. The Bertz CT molecular complexity index is 551.